The second-order valence-corrected chi connectivity index (χ2v) is 5.46. The summed E-state index contributed by atoms with van der Waals surface area (Å²) in [4.78, 5) is 37.5. The van der Waals surface area contributed by atoms with Crippen LogP contribution in [-0.2, 0) is 9.59 Å². The Morgan fingerprint density at radius 2 is 1.76 bits per heavy atom. The second kappa shape index (κ2) is 8.49. The summed E-state index contributed by atoms with van der Waals surface area (Å²) in [5, 5.41) is 11.6. The summed E-state index contributed by atoms with van der Waals surface area (Å²) in [6.45, 7) is 6.12. The molecule has 7 nitrogen and oxygen atoms in total. The smallest absolute Gasteiger partial charge is 0.317 e. The van der Waals surface area contributed by atoms with Crippen LogP contribution in [0.2, 0.25) is 0 Å². The maximum Gasteiger partial charge on any atom is 0.317 e. The summed E-state index contributed by atoms with van der Waals surface area (Å²) in [6, 6.07) is -0.136. The summed E-state index contributed by atoms with van der Waals surface area (Å²) >= 11 is 0. The van der Waals surface area contributed by atoms with Crippen molar-refractivity contribution < 1.29 is 19.5 Å². The van der Waals surface area contributed by atoms with Crippen LogP contribution in [0.5, 0.6) is 0 Å². The minimum atomic E-state index is -0.807. The number of rotatable bonds is 5. The van der Waals surface area contributed by atoms with E-state index in [1.54, 1.807) is 23.6 Å². The molecule has 7 heteroatoms. The van der Waals surface area contributed by atoms with Gasteiger partial charge in [0, 0.05) is 39.6 Å². The van der Waals surface area contributed by atoms with Gasteiger partial charge in [-0.15, -0.1) is 0 Å². The number of hydrogen-bond donors (Lipinski definition) is 2. The van der Waals surface area contributed by atoms with Crippen LogP contribution in [0.3, 0.4) is 0 Å². The number of carbonyl (C=O) groups is 3. The third-order valence-electron chi connectivity index (χ3n) is 3.74. The molecule has 0 saturated carbocycles. The lowest BCUT2D eigenvalue weighted by atomic mass is 10.1. The van der Waals surface area contributed by atoms with Crippen LogP contribution in [-0.4, -0.2) is 65.5 Å². The van der Waals surface area contributed by atoms with E-state index in [0.29, 0.717) is 45.6 Å². The third-order valence-corrected chi connectivity index (χ3v) is 3.74. The first kappa shape index (κ1) is 17.3. The SMILES string of the molecule is CC(=O)N1CCCN(C(=O)NCCCC(C)C(=O)O)CC1. The first-order valence-corrected chi connectivity index (χ1v) is 7.43. The van der Waals surface area contributed by atoms with Gasteiger partial charge in [-0.2, -0.15) is 0 Å². The maximum absolute atomic E-state index is 12.0. The number of nitrogens with zero attached hydrogens (tertiary/aromatic N) is 2. The van der Waals surface area contributed by atoms with Crippen molar-refractivity contribution in [1.29, 1.82) is 0 Å². The maximum atomic E-state index is 12.0. The van der Waals surface area contributed by atoms with E-state index in [0.717, 1.165) is 6.42 Å². The molecule has 3 amide bonds. The van der Waals surface area contributed by atoms with Crippen LogP contribution in [0.1, 0.15) is 33.1 Å². The van der Waals surface area contributed by atoms with E-state index >= 15 is 0 Å². The molecule has 0 aliphatic carbocycles. The van der Waals surface area contributed by atoms with Gasteiger partial charge in [-0.3, -0.25) is 9.59 Å². The first-order valence-electron chi connectivity index (χ1n) is 7.43. The molecule has 21 heavy (non-hydrogen) atoms. The quantitative estimate of drug-likeness (QED) is 0.733. The number of carbonyl (C=O) groups excluding carboxylic acids is 2. The highest BCUT2D eigenvalue weighted by molar-refractivity contribution is 5.75. The third kappa shape index (κ3) is 6.01. The van der Waals surface area contributed by atoms with Gasteiger partial charge in [0.2, 0.25) is 5.91 Å². The fourth-order valence-corrected chi connectivity index (χ4v) is 2.27. The molecular formula is C14H25N3O4. The molecule has 120 valence electrons. The Hall–Kier alpha value is -1.79. The monoisotopic (exact) mass is 299 g/mol. The Kier molecular flexibility index (Phi) is 6.98. The summed E-state index contributed by atoms with van der Waals surface area (Å²) < 4.78 is 0. The van der Waals surface area contributed by atoms with Crippen molar-refractivity contribution in [2.75, 3.05) is 32.7 Å². The number of nitrogens with one attached hydrogen (secondary N) is 1. The molecule has 2 N–H and O–H groups in total. The zero-order chi connectivity index (χ0) is 15.8. The van der Waals surface area contributed by atoms with Crippen molar-refractivity contribution in [3.05, 3.63) is 0 Å². The fraction of sp³-hybridized carbons (Fsp3) is 0.786. The van der Waals surface area contributed by atoms with Crippen molar-refractivity contribution >= 4 is 17.9 Å². The molecule has 1 aliphatic heterocycles. The van der Waals surface area contributed by atoms with Gasteiger partial charge in [0.15, 0.2) is 0 Å². The highest BCUT2D eigenvalue weighted by Gasteiger charge is 2.20. The van der Waals surface area contributed by atoms with Crippen LogP contribution in [0.25, 0.3) is 0 Å². The molecular weight excluding hydrogens is 274 g/mol. The van der Waals surface area contributed by atoms with E-state index in [1.165, 1.54) is 0 Å². The van der Waals surface area contributed by atoms with Crippen molar-refractivity contribution in [3.8, 4) is 0 Å². The number of carboxylic acid groups (broad SMARTS) is 1. The predicted molar refractivity (Wildman–Crippen MR) is 77.9 cm³/mol. The van der Waals surface area contributed by atoms with Crippen molar-refractivity contribution in [2.45, 2.75) is 33.1 Å². The minimum absolute atomic E-state index is 0.0416. The van der Waals surface area contributed by atoms with Gasteiger partial charge in [-0.05, 0) is 19.3 Å². The number of amides is 3. The zero-order valence-corrected chi connectivity index (χ0v) is 12.8. The van der Waals surface area contributed by atoms with E-state index < -0.39 is 5.97 Å². The van der Waals surface area contributed by atoms with E-state index in [9.17, 15) is 14.4 Å². The van der Waals surface area contributed by atoms with Gasteiger partial charge in [0.25, 0.3) is 0 Å². The summed E-state index contributed by atoms with van der Waals surface area (Å²) in [5.41, 5.74) is 0. The summed E-state index contributed by atoms with van der Waals surface area (Å²) in [5.74, 6) is -1.15. The largest absolute Gasteiger partial charge is 0.481 e. The van der Waals surface area contributed by atoms with Crippen LogP contribution in [0.4, 0.5) is 4.79 Å². The topological polar surface area (TPSA) is 90.0 Å². The highest BCUT2D eigenvalue weighted by atomic mass is 16.4. The minimum Gasteiger partial charge on any atom is -0.481 e. The molecule has 1 fully saturated rings. The lowest BCUT2D eigenvalue weighted by Crippen LogP contribution is -2.42. The molecule has 1 heterocycles. The average Bonchev–Trinajstić information content (AvgIpc) is 2.68. The van der Waals surface area contributed by atoms with Gasteiger partial charge in [-0.1, -0.05) is 6.92 Å². The molecule has 1 unspecified atom stereocenters. The lowest BCUT2D eigenvalue weighted by molar-refractivity contribution is -0.141. The van der Waals surface area contributed by atoms with Crippen LogP contribution in [0.15, 0.2) is 0 Å². The number of aliphatic carboxylic acids is 1. The average molecular weight is 299 g/mol. The van der Waals surface area contributed by atoms with Crippen molar-refractivity contribution in [1.82, 2.24) is 15.1 Å². The van der Waals surface area contributed by atoms with Crippen molar-refractivity contribution in [2.24, 2.45) is 5.92 Å². The predicted octanol–water partition coefficient (Wildman–Crippen LogP) is 0.751. The standard InChI is InChI=1S/C14H25N3O4/c1-11(13(19)20)5-3-6-15-14(21)17-8-4-7-16(9-10-17)12(2)18/h11H,3-10H2,1-2H3,(H,15,21)(H,19,20). The number of hydrogen-bond acceptors (Lipinski definition) is 3. The molecule has 0 spiro atoms. The fourth-order valence-electron chi connectivity index (χ4n) is 2.27. The second-order valence-electron chi connectivity index (χ2n) is 5.46. The molecule has 0 bridgehead atoms. The summed E-state index contributed by atoms with van der Waals surface area (Å²) in [6.07, 6.45) is 1.98. The lowest BCUT2D eigenvalue weighted by Gasteiger charge is -2.21. The Labute approximate surface area is 125 Å². The van der Waals surface area contributed by atoms with Crippen LogP contribution in [0, 0.1) is 5.92 Å². The van der Waals surface area contributed by atoms with E-state index in [2.05, 4.69) is 5.32 Å². The van der Waals surface area contributed by atoms with E-state index in [-0.39, 0.29) is 17.9 Å². The molecule has 0 aromatic rings. The Balaban J connectivity index is 2.26. The highest BCUT2D eigenvalue weighted by Crippen LogP contribution is 2.06. The number of urea groups is 1. The van der Waals surface area contributed by atoms with Crippen LogP contribution >= 0.6 is 0 Å². The molecule has 0 aromatic heterocycles. The van der Waals surface area contributed by atoms with E-state index in [4.69, 9.17) is 5.11 Å². The van der Waals surface area contributed by atoms with Gasteiger partial charge in [0.1, 0.15) is 0 Å². The molecule has 0 radical (unpaired) electrons. The zero-order valence-electron chi connectivity index (χ0n) is 12.8. The Morgan fingerprint density at radius 3 is 2.38 bits per heavy atom. The summed E-state index contributed by atoms with van der Waals surface area (Å²) in [7, 11) is 0. The van der Waals surface area contributed by atoms with E-state index in [1.807, 2.05) is 0 Å². The molecule has 1 atom stereocenters. The Bertz CT molecular complexity index is 386. The molecule has 1 aliphatic rings. The van der Waals surface area contributed by atoms with Gasteiger partial charge < -0.3 is 20.2 Å². The molecule has 1 rings (SSSR count). The normalized spacial score (nSPS) is 17.0. The van der Waals surface area contributed by atoms with Crippen molar-refractivity contribution in [3.63, 3.8) is 0 Å². The molecule has 1 saturated heterocycles. The first-order chi connectivity index (χ1) is 9.91. The molecule has 0 aromatic carbocycles. The Morgan fingerprint density at radius 1 is 1.14 bits per heavy atom. The number of carboxylic acids is 1. The van der Waals surface area contributed by atoms with Crippen LogP contribution < -0.4 is 5.32 Å². The van der Waals surface area contributed by atoms with Gasteiger partial charge in [0.05, 0.1) is 5.92 Å². The van der Waals surface area contributed by atoms with Gasteiger partial charge >= 0.3 is 12.0 Å². The van der Waals surface area contributed by atoms with Gasteiger partial charge in [-0.25, -0.2) is 4.79 Å².